The van der Waals surface area contributed by atoms with E-state index in [4.69, 9.17) is 19.4 Å². The molecule has 0 radical (unpaired) electrons. The van der Waals surface area contributed by atoms with Crippen LogP contribution in [-0.2, 0) is 5.41 Å². The standard InChI is InChI=1S/C64H36N4OS/c1-7-22-49-40(14-1)41-15-2-8-23-50(41)64(49)51-24-9-3-18-46(51)58-52(64)34-35-54-59(58)47-19-4-10-25-53(47)68(54)39-31-28-37(29-32-39)61-65-62(38-30-33-43-42-16-5-11-26-55(42)69-56(43)36-38)67-63(66-61)48-21-13-20-45-44-17-6-12-27-57(44)70-60(45)48/h1-36H. The van der Waals surface area contributed by atoms with E-state index in [2.05, 4.69) is 205 Å². The largest absolute Gasteiger partial charge is 0.456 e. The van der Waals surface area contributed by atoms with Gasteiger partial charge in [0.15, 0.2) is 17.5 Å². The Morgan fingerprint density at radius 1 is 0.386 bits per heavy atom. The predicted octanol–water partition coefficient (Wildman–Crippen LogP) is 16.6. The van der Waals surface area contributed by atoms with Crippen molar-refractivity contribution in [1.82, 2.24) is 19.5 Å². The number of fused-ring (bicyclic) bond motifs is 20. The fraction of sp³-hybridized carbons (Fsp3) is 0.0156. The molecule has 6 heteroatoms. The molecule has 0 N–H and O–H groups in total. The van der Waals surface area contributed by atoms with Crippen LogP contribution in [0.5, 0.6) is 0 Å². The highest BCUT2D eigenvalue weighted by atomic mass is 32.1. The van der Waals surface area contributed by atoms with Gasteiger partial charge < -0.3 is 8.98 Å². The molecule has 10 aromatic carbocycles. The predicted molar refractivity (Wildman–Crippen MR) is 287 cm³/mol. The maximum atomic E-state index is 6.37. The molecular weight excluding hydrogens is 873 g/mol. The summed E-state index contributed by atoms with van der Waals surface area (Å²) in [6.45, 7) is 0. The van der Waals surface area contributed by atoms with Crippen LogP contribution in [0.25, 0.3) is 126 Å². The summed E-state index contributed by atoms with van der Waals surface area (Å²) in [7, 11) is 0. The number of hydrogen-bond donors (Lipinski definition) is 0. The van der Waals surface area contributed by atoms with Crippen LogP contribution >= 0.6 is 11.3 Å². The van der Waals surface area contributed by atoms with E-state index < -0.39 is 5.41 Å². The van der Waals surface area contributed by atoms with Gasteiger partial charge >= 0.3 is 0 Å². The van der Waals surface area contributed by atoms with Gasteiger partial charge in [0, 0.05) is 64.1 Å². The summed E-state index contributed by atoms with van der Waals surface area (Å²) in [5.41, 5.74) is 18.0. The highest BCUT2D eigenvalue weighted by Crippen LogP contribution is 2.64. The number of rotatable bonds is 4. The number of aromatic nitrogens is 4. The molecule has 14 aromatic rings. The number of nitrogens with zero attached hydrogens (tertiary/aromatic N) is 4. The van der Waals surface area contributed by atoms with E-state index in [1.165, 1.54) is 76.3 Å². The van der Waals surface area contributed by atoms with E-state index in [1.54, 1.807) is 11.3 Å². The minimum absolute atomic E-state index is 0.416. The van der Waals surface area contributed by atoms with Gasteiger partial charge in [-0.3, -0.25) is 0 Å². The number of benzene rings is 10. The third-order valence-electron chi connectivity index (χ3n) is 15.1. The molecule has 2 aliphatic rings. The number of para-hydroxylation sites is 2. The van der Waals surface area contributed by atoms with Crippen molar-refractivity contribution in [1.29, 1.82) is 0 Å². The summed E-state index contributed by atoms with van der Waals surface area (Å²) in [5, 5.41) is 7.08. The average Bonchev–Trinajstić information content (AvgIpc) is 4.23. The number of thiophene rings is 1. The minimum Gasteiger partial charge on any atom is -0.456 e. The van der Waals surface area contributed by atoms with Crippen molar-refractivity contribution in [2.24, 2.45) is 0 Å². The fourth-order valence-electron chi connectivity index (χ4n) is 12.2. The molecule has 70 heavy (non-hydrogen) atoms. The zero-order chi connectivity index (χ0) is 45.7. The smallest absolute Gasteiger partial charge is 0.165 e. The molecular formula is C64H36N4OS. The van der Waals surface area contributed by atoms with Crippen LogP contribution in [0, 0.1) is 0 Å². The van der Waals surface area contributed by atoms with Crippen molar-refractivity contribution < 1.29 is 4.42 Å². The van der Waals surface area contributed by atoms with E-state index in [0.29, 0.717) is 17.5 Å². The SMILES string of the molecule is c1ccc2c(c1)-c1ccccc1C21c2ccccc2-c2c1ccc1c2c2ccccc2n1-c1ccc(-c2nc(-c3ccc4c(c3)oc3ccccc34)nc(-c3cccc4c3sc3ccccc34)n2)cc1. The highest BCUT2D eigenvalue weighted by molar-refractivity contribution is 7.26. The molecule has 0 bridgehead atoms. The van der Waals surface area contributed by atoms with Crippen LogP contribution in [0.2, 0.25) is 0 Å². The second-order valence-electron chi connectivity index (χ2n) is 18.6. The van der Waals surface area contributed by atoms with E-state index >= 15 is 0 Å². The van der Waals surface area contributed by atoms with E-state index in [1.807, 2.05) is 18.2 Å². The van der Waals surface area contributed by atoms with Gasteiger partial charge in [-0.05, 0) is 111 Å². The molecule has 0 fully saturated rings. The Morgan fingerprint density at radius 2 is 0.971 bits per heavy atom. The first-order valence-corrected chi connectivity index (χ1v) is 24.6. The van der Waals surface area contributed by atoms with Crippen LogP contribution < -0.4 is 0 Å². The first-order valence-electron chi connectivity index (χ1n) is 23.8. The molecule has 0 saturated carbocycles. The number of hydrogen-bond acceptors (Lipinski definition) is 5. The Labute approximate surface area is 405 Å². The van der Waals surface area contributed by atoms with Gasteiger partial charge in [0.2, 0.25) is 0 Å². The van der Waals surface area contributed by atoms with Crippen LogP contribution in [0.3, 0.4) is 0 Å². The molecule has 16 rings (SSSR count). The molecule has 0 unspecified atom stereocenters. The van der Waals surface area contributed by atoms with E-state index in [0.717, 1.165) is 54.5 Å². The van der Waals surface area contributed by atoms with Crippen molar-refractivity contribution in [2.75, 3.05) is 0 Å². The van der Waals surface area contributed by atoms with Crippen LogP contribution in [0.1, 0.15) is 22.3 Å². The Hall–Kier alpha value is -8.97. The van der Waals surface area contributed by atoms with Crippen molar-refractivity contribution in [2.45, 2.75) is 5.41 Å². The second-order valence-corrected chi connectivity index (χ2v) is 19.6. The summed E-state index contributed by atoms with van der Waals surface area (Å²) in [5.74, 6) is 1.83. The van der Waals surface area contributed by atoms with Gasteiger partial charge in [-0.25, -0.2) is 15.0 Å². The monoisotopic (exact) mass is 908 g/mol. The van der Waals surface area contributed by atoms with E-state index in [-0.39, 0.29) is 0 Å². The second kappa shape index (κ2) is 14.0. The van der Waals surface area contributed by atoms with Crippen LogP contribution in [-0.4, -0.2) is 19.5 Å². The van der Waals surface area contributed by atoms with Gasteiger partial charge in [-0.1, -0.05) is 152 Å². The average molecular weight is 909 g/mol. The lowest BCUT2D eigenvalue weighted by atomic mass is 9.70. The van der Waals surface area contributed by atoms with Crippen molar-refractivity contribution in [3.8, 4) is 62.1 Å². The van der Waals surface area contributed by atoms with Crippen molar-refractivity contribution in [3.63, 3.8) is 0 Å². The van der Waals surface area contributed by atoms with Crippen molar-refractivity contribution in [3.05, 3.63) is 241 Å². The lowest BCUT2D eigenvalue weighted by Gasteiger charge is -2.30. The van der Waals surface area contributed by atoms with E-state index in [9.17, 15) is 0 Å². The fourth-order valence-corrected chi connectivity index (χ4v) is 13.4. The lowest BCUT2D eigenvalue weighted by Crippen LogP contribution is -2.25. The molecule has 0 atom stereocenters. The molecule has 324 valence electrons. The van der Waals surface area contributed by atoms with Crippen LogP contribution in [0.4, 0.5) is 0 Å². The molecule has 5 nitrogen and oxygen atoms in total. The molecule has 0 saturated heterocycles. The summed E-state index contributed by atoms with van der Waals surface area (Å²) >= 11 is 1.78. The molecule has 4 heterocycles. The lowest BCUT2D eigenvalue weighted by molar-refractivity contribution is 0.669. The maximum absolute atomic E-state index is 6.37. The van der Waals surface area contributed by atoms with Crippen LogP contribution in [0.15, 0.2) is 223 Å². The molecule has 0 aliphatic heterocycles. The molecule has 1 spiro atoms. The summed E-state index contributed by atoms with van der Waals surface area (Å²) in [6, 6.07) is 79.0. The molecule has 0 amide bonds. The normalized spacial score (nSPS) is 13.3. The third kappa shape index (κ3) is 5.02. The Bertz CT molecular complexity index is 4510. The third-order valence-corrected chi connectivity index (χ3v) is 16.3. The Kier molecular flexibility index (Phi) is 7.63. The zero-order valence-electron chi connectivity index (χ0n) is 37.4. The number of furan rings is 1. The Balaban J connectivity index is 0.880. The zero-order valence-corrected chi connectivity index (χ0v) is 38.2. The van der Waals surface area contributed by atoms with Gasteiger partial charge in [-0.15, -0.1) is 11.3 Å². The Morgan fingerprint density at radius 3 is 1.77 bits per heavy atom. The topological polar surface area (TPSA) is 56.7 Å². The van der Waals surface area contributed by atoms with Gasteiger partial charge in [0.25, 0.3) is 0 Å². The quantitative estimate of drug-likeness (QED) is 0.177. The maximum Gasteiger partial charge on any atom is 0.165 e. The summed E-state index contributed by atoms with van der Waals surface area (Å²) in [4.78, 5) is 15.8. The first-order chi connectivity index (χ1) is 34.7. The molecule has 2 aliphatic carbocycles. The summed E-state index contributed by atoms with van der Waals surface area (Å²) in [6.07, 6.45) is 0. The minimum atomic E-state index is -0.416. The van der Waals surface area contributed by atoms with Gasteiger partial charge in [0.1, 0.15) is 11.2 Å². The van der Waals surface area contributed by atoms with Crippen molar-refractivity contribution >= 4 is 75.3 Å². The van der Waals surface area contributed by atoms with Gasteiger partial charge in [-0.2, -0.15) is 0 Å². The van der Waals surface area contributed by atoms with Gasteiger partial charge in [0.05, 0.1) is 16.4 Å². The highest BCUT2D eigenvalue weighted by Gasteiger charge is 2.52. The summed E-state index contributed by atoms with van der Waals surface area (Å²) < 4.78 is 11.2. The molecule has 4 aromatic heterocycles. The first kappa shape index (κ1) is 38.0.